The van der Waals surface area contributed by atoms with Crippen LogP contribution in [0.4, 0.5) is 0 Å². The third-order valence-electron chi connectivity index (χ3n) is 5.59. The maximum absolute atomic E-state index is 12.4. The van der Waals surface area contributed by atoms with Crippen molar-refractivity contribution < 1.29 is 17.9 Å². The zero-order valence-corrected chi connectivity index (χ0v) is 18.3. The predicted molar refractivity (Wildman–Crippen MR) is 117 cm³/mol. The summed E-state index contributed by atoms with van der Waals surface area (Å²) in [5.74, 6) is 1.08. The van der Waals surface area contributed by atoms with E-state index in [1.807, 2.05) is 6.07 Å². The lowest BCUT2D eigenvalue weighted by molar-refractivity contribution is 0.00729. The van der Waals surface area contributed by atoms with Crippen molar-refractivity contribution in [3.05, 3.63) is 64.6 Å². The van der Waals surface area contributed by atoms with Crippen molar-refractivity contribution in [2.45, 2.75) is 43.7 Å². The Kier molecular flexibility index (Phi) is 7.69. The molecule has 1 N–H and O–H groups in total. The van der Waals surface area contributed by atoms with Crippen molar-refractivity contribution in [3.63, 3.8) is 0 Å². The standard InChI is InChI=1S/C22H30N2O5S/c1-28-21-12-13-22(25)24(15-21)19(14-23-30(2,26)27)16-29-20-10-8-18(9-11-20)17-6-4-3-5-7-17/h3-7,12-13,15,18-20,23H,8-11,14,16H2,1-2H3. The lowest BCUT2D eigenvalue weighted by Gasteiger charge is -2.30. The number of ether oxygens (including phenoxy) is 2. The summed E-state index contributed by atoms with van der Waals surface area (Å²) < 4.78 is 38.5. The lowest BCUT2D eigenvalue weighted by Crippen LogP contribution is -2.37. The molecule has 3 rings (SSSR count). The molecule has 2 aromatic rings. The van der Waals surface area contributed by atoms with Crippen LogP contribution < -0.4 is 15.0 Å². The van der Waals surface area contributed by atoms with E-state index >= 15 is 0 Å². The van der Waals surface area contributed by atoms with Gasteiger partial charge in [0.15, 0.2) is 0 Å². The highest BCUT2D eigenvalue weighted by Crippen LogP contribution is 2.34. The molecule has 7 nitrogen and oxygen atoms in total. The number of aromatic nitrogens is 1. The molecule has 164 valence electrons. The Labute approximate surface area is 178 Å². The number of sulfonamides is 1. The van der Waals surface area contributed by atoms with Gasteiger partial charge in [-0.25, -0.2) is 13.1 Å². The highest BCUT2D eigenvalue weighted by Gasteiger charge is 2.24. The monoisotopic (exact) mass is 434 g/mol. The van der Waals surface area contributed by atoms with Gasteiger partial charge < -0.3 is 14.0 Å². The molecule has 1 saturated carbocycles. The summed E-state index contributed by atoms with van der Waals surface area (Å²) in [4.78, 5) is 12.4. The summed E-state index contributed by atoms with van der Waals surface area (Å²) in [6, 6.07) is 13.1. The second kappa shape index (κ2) is 10.2. The van der Waals surface area contributed by atoms with E-state index in [4.69, 9.17) is 9.47 Å². The molecule has 1 fully saturated rings. The van der Waals surface area contributed by atoms with Crippen LogP contribution in [0.3, 0.4) is 0 Å². The number of rotatable bonds is 9. The van der Waals surface area contributed by atoms with E-state index in [0.29, 0.717) is 11.7 Å². The molecule has 0 saturated heterocycles. The van der Waals surface area contributed by atoms with Crippen LogP contribution in [-0.2, 0) is 14.8 Å². The first-order chi connectivity index (χ1) is 14.4. The van der Waals surface area contributed by atoms with E-state index in [2.05, 4.69) is 29.0 Å². The Morgan fingerprint density at radius 2 is 1.80 bits per heavy atom. The van der Waals surface area contributed by atoms with Crippen LogP contribution in [0.1, 0.15) is 43.2 Å². The first kappa shape index (κ1) is 22.5. The van der Waals surface area contributed by atoms with Gasteiger partial charge in [0.05, 0.1) is 32.1 Å². The first-order valence-corrected chi connectivity index (χ1v) is 12.1. The van der Waals surface area contributed by atoms with Crippen LogP contribution in [0.2, 0.25) is 0 Å². The molecule has 0 radical (unpaired) electrons. The van der Waals surface area contributed by atoms with Crippen LogP contribution in [0.15, 0.2) is 53.5 Å². The van der Waals surface area contributed by atoms with Crippen molar-refractivity contribution in [1.29, 1.82) is 0 Å². The van der Waals surface area contributed by atoms with Gasteiger partial charge in [-0.2, -0.15) is 0 Å². The molecule has 0 aliphatic heterocycles. The molecule has 1 aromatic heterocycles. The van der Waals surface area contributed by atoms with Crippen molar-refractivity contribution in [3.8, 4) is 5.75 Å². The Morgan fingerprint density at radius 1 is 1.10 bits per heavy atom. The zero-order valence-electron chi connectivity index (χ0n) is 17.5. The zero-order chi connectivity index (χ0) is 21.6. The summed E-state index contributed by atoms with van der Waals surface area (Å²) in [5.41, 5.74) is 1.14. The van der Waals surface area contributed by atoms with Crippen molar-refractivity contribution >= 4 is 10.0 Å². The summed E-state index contributed by atoms with van der Waals surface area (Å²) in [6.45, 7) is 0.321. The topological polar surface area (TPSA) is 86.6 Å². The van der Waals surface area contributed by atoms with E-state index in [0.717, 1.165) is 31.9 Å². The second-order valence-corrected chi connectivity index (χ2v) is 9.64. The minimum absolute atomic E-state index is 0.0747. The molecule has 0 bridgehead atoms. The van der Waals surface area contributed by atoms with Gasteiger partial charge in [-0.05, 0) is 43.2 Å². The largest absolute Gasteiger partial charge is 0.495 e. The molecule has 30 heavy (non-hydrogen) atoms. The van der Waals surface area contributed by atoms with Gasteiger partial charge in [0, 0.05) is 18.8 Å². The maximum Gasteiger partial charge on any atom is 0.251 e. The second-order valence-electron chi connectivity index (χ2n) is 7.81. The van der Waals surface area contributed by atoms with Crippen LogP contribution in [-0.4, -0.2) is 45.6 Å². The highest BCUT2D eigenvalue weighted by atomic mass is 32.2. The molecule has 1 heterocycles. The minimum Gasteiger partial charge on any atom is -0.495 e. The SMILES string of the molecule is COc1ccc(=O)n(C(CNS(C)(=O)=O)COC2CCC(c3ccccc3)CC2)c1. The summed E-state index contributed by atoms with van der Waals surface area (Å²) in [5, 5.41) is 0. The first-order valence-electron chi connectivity index (χ1n) is 10.2. The molecule has 1 atom stereocenters. The van der Waals surface area contributed by atoms with Crippen LogP contribution >= 0.6 is 0 Å². The third kappa shape index (κ3) is 6.42. The normalized spacial score (nSPS) is 20.6. The maximum atomic E-state index is 12.4. The van der Waals surface area contributed by atoms with Crippen molar-refractivity contribution in [2.24, 2.45) is 0 Å². The average molecular weight is 435 g/mol. The number of nitrogens with one attached hydrogen (secondary N) is 1. The molecule has 8 heteroatoms. The summed E-state index contributed by atoms with van der Waals surface area (Å²) >= 11 is 0. The number of benzene rings is 1. The molecule has 1 aliphatic rings. The fourth-order valence-corrected chi connectivity index (χ4v) is 4.40. The van der Waals surface area contributed by atoms with Gasteiger partial charge in [0.1, 0.15) is 5.75 Å². The highest BCUT2D eigenvalue weighted by molar-refractivity contribution is 7.88. The van der Waals surface area contributed by atoms with E-state index < -0.39 is 16.1 Å². The molecular formula is C22H30N2O5S. The molecule has 1 aliphatic carbocycles. The summed E-state index contributed by atoms with van der Waals surface area (Å²) in [6.07, 6.45) is 6.79. The van der Waals surface area contributed by atoms with Gasteiger partial charge >= 0.3 is 0 Å². The third-order valence-corrected chi connectivity index (χ3v) is 6.28. The van der Waals surface area contributed by atoms with Crippen molar-refractivity contribution in [1.82, 2.24) is 9.29 Å². The molecular weight excluding hydrogens is 404 g/mol. The molecule has 1 aromatic carbocycles. The van der Waals surface area contributed by atoms with Crippen LogP contribution in [0.5, 0.6) is 5.75 Å². The van der Waals surface area contributed by atoms with Crippen molar-refractivity contribution in [2.75, 3.05) is 26.5 Å². The number of nitrogens with zero attached hydrogens (tertiary/aromatic N) is 1. The Bertz CT molecular complexity index is 967. The quantitative estimate of drug-likeness (QED) is 0.656. The Hall–Kier alpha value is -2.16. The van der Waals surface area contributed by atoms with Gasteiger partial charge in [0.25, 0.3) is 5.56 Å². The van der Waals surface area contributed by atoms with E-state index in [9.17, 15) is 13.2 Å². The fourth-order valence-electron chi connectivity index (χ4n) is 3.91. The minimum atomic E-state index is -3.39. The smallest absolute Gasteiger partial charge is 0.251 e. The Balaban J connectivity index is 1.63. The average Bonchev–Trinajstić information content (AvgIpc) is 2.75. The van der Waals surface area contributed by atoms with E-state index in [-0.39, 0.29) is 24.8 Å². The van der Waals surface area contributed by atoms with Crippen LogP contribution in [0.25, 0.3) is 0 Å². The van der Waals surface area contributed by atoms with Gasteiger partial charge in [-0.15, -0.1) is 0 Å². The predicted octanol–water partition coefficient (Wildman–Crippen LogP) is 2.69. The van der Waals surface area contributed by atoms with Gasteiger partial charge in [-0.1, -0.05) is 30.3 Å². The number of hydrogen-bond donors (Lipinski definition) is 1. The lowest BCUT2D eigenvalue weighted by atomic mass is 9.83. The summed E-state index contributed by atoms with van der Waals surface area (Å²) in [7, 11) is -1.87. The van der Waals surface area contributed by atoms with E-state index in [1.54, 1.807) is 12.3 Å². The van der Waals surface area contributed by atoms with Crippen LogP contribution in [0, 0.1) is 0 Å². The molecule has 1 unspecified atom stereocenters. The van der Waals surface area contributed by atoms with E-state index in [1.165, 1.54) is 23.3 Å². The molecule has 0 amide bonds. The number of hydrogen-bond acceptors (Lipinski definition) is 5. The van der Waals surface area contributed by atoms with Gasteiger partial charge in [0.2, 0.25) is 10.0 Å². The Morgan fingerprint density at radius 3 is 2.43 bits per heavy atom. The fraction of sp³-hybridized carbons (Fsp3) is 0.500. The molecule has 0 spiro atoms. The number of pyridine rings is 1. The van der Waals surface area contributed by atoms with Gasteiger partial charge in [-0.3, -0.25) is 4.79 Å². The number of methoxy groups -OCH3 is 1.